The summed E-state index contributed by atoms with van der Waals surface area (Å²) in [4.78, 5) is 23.9. The number of aliphatic hydroxyl groups is 2. The van der Waals surface area contributed by atoms with E-state index in [-0.39, 0.29) is 50.8 Å². The Morgan fingerprint density at radius 2 is 1.30 bits per heavy atom. The third-order valence-corrected chi connectivity index (χ3v) is 6.26. The van der Waals surface area contributed by atoms with Crippen molar-refractivity contribution in [1.82, 2.24) is 0 Å². The second kappa shape index (κ2) is 21.1. The molecule has 0 saturated carbocycles. The number of hydrogen-bond donors (Lipinski definition) is 2. The van der Waals surface area contributed by atoms with Gasteiger partial charge in [0, 0.05) is 0 Å². The molecule has 0 unspecified atom stereocenters. The molecular weight excluding hydrogens is 556 g/mol. The summed E-state index contributed by atoms with van der Waals surface area (Å²) < 4.78 is 31.5. The van der Waals surface area contributed by atoms with E-state index in [2.05, 4.69) is 26.1 Å². The molecule has 10 heteroatoms. The van der Waals surface area contributed by atoms with E-state index >= 15 is 0 Å². The Hall–Kier alpha value is -3.70. The molecule has 0 bridgehead atoms. The number of unbranched alkanes of at least 4 members (excludes halogenated alkanes) is 4. The van der Waals surface area contributed by atoms with Gasteiger partial charge in [-0.2, -0.15) is 0 Å². The van der Waals surface area contributed by atoms with Crippen LogP contribution in [0, 0.1) is 0 Å². The number of hydrogen-bond acceptors (Lipinski definition) is 10. The van der Waals surface area contributed by atoms with Crippen LogP contribution in [0.5, 0.6) is 11.5 Å². The Balaban J connectivity index is 2.04. The van der Waals surface area contributed by atoms with E-state index in [9.17, 15) is 9.59 Å². The summed E-state index contributed by atoms with van der Waals surface area (Å²) in [6, 6.07) is 13.6. The molecule has 0 heterocycles. The molecule has 0 saturated heterocycles. The van der Waals surface area contributed by atoms with Crippen molar-refractivity contribution in [2.24, 2.45) is 0 Å². The number of rotatable bonds is 23. The molecule has 0 atom stereocenters. The minimum Gasteiger partial charge on any atom is -0.490 e. The summed E-state index contributed by atoms with van der Waals surface area (Å²) in [6.45, 7) is 8.48. The van der Waals surface area contributed by atoms with E-state index in [1.165, 1.54) is 24.8 Å². The molecule has 43 heavy (non-hydrogen) atoms. The van der Waals surface area contributed by atoms with Crippen LogP contribution in [0.3, 0.4) is 0 Å². The number of aliphatic hydroxyl groups excluding tert-OH is 2. The first kappa shape index (κ1) is 35.5. The highest BCUT2D eigenvalue weighted by Crippen LogP contribution is 2.31. The van der Waals surface area contributed by atoms with Crippen molar-refractivity contribution < 1.29 is 48.2 Å². The summed E-state index contributed by atoms with van der Waals surface area (Å²) in [6.07, 6.45) is 6.77. The molecule has 10 nitrogen and oxygen atoms in total. The van der Waals surface area contributed by atoms with Gasteiger partial charge >= 0.3 is 11.9 Å². The van der Waals surface area contributed by atoms with Crippen LogP contribution in [0.2, 0.25) is 0 Å². The van der Waals surface area contributed by atoms with Gasteiger partial charge < -0.3 is 38.6 Å². The van der Waals surface area contributed by atoms with Gasteiger partial charge in [-0.15, -0.1) is 0 Å². The van der Waals surface area contributed by atoms with Crippen molar-refractivity contribution in [2.75, 3.05) is 53.2 Å². The van der Waals surface area contributed by atoms with E-state index in [0.29, 0.717) is 11.5 Å². The summed E-state index contributed by atoms with van der Waals surface area (Å²) in [7, 11) is 0. The Bertz CT molecular complexity index is 1160. The summed E-state index contributed by atoms with van der Waals surface area (Å²) in [5.41, 5.74) is 3.36. The largest absolute Gasteiger partial charge is 0.490 e. The van der Waals surface area contributed by atoms with Crippen LogP contribution in [0.25, 0.3) is 11.1 Å². The van der Waals surface area contributed by atoms with Gasteiger partial charge in [0.2, 0.25) is 0 Å². The highest BCUT2D eigenvalue weighted by atomic mass is 16.6. The fraction of sp³-hybridized carbons (Fsp3) is 0.455. The number of ether oxygens (including phenoxy) is 6. The Labute approximate surface area is 253 Å². The molecule has 2 rings (SSSR count). The summed E-state index contributed by atoms with van der Waals surface area (Å²) in [5, 5.41) is 17.4. The number of carbonyl (C=O) groups is 2. The minimum atomic E-state index is -0.610. The first-order chi connectivity index (χ1) is 20.9. The van der Waals surface area contributed by atoms with Crippen LogP contribution >= 0.6 is 0 Å². The van der Waals surface area contributed by atoms with Crippen LogP contribution in [0.1, 0.15) is 44.6 Å². The zero-order valence-corrected chi connectivity index (χ0v) is 25.0. The lowest BCUT2D eigenvalue weighted by Gasteiger charge is -2.15. The van der Waals surface area contributed by atoms with Crippen molar-refractivity contribution >= 4 is 11.9 Å². The quantitative estimate of drug-likeness (QED) is 0.0797. The van der Waals surface area contributed by atoms with Crippen LogP contribution in [-0.2, 0) is 35.0 Å². The average molecular weight is 601 g/mol. The highest BCUT2D eigenvalue weighted by Gasteiger charge is 2.12. The lowest BCUT2D eigenvalue weighted by Crippen LogP contribution is -2.16. The van der Waals surface area contributed by atoms with Crippen LogP contribution in [-0.4, -0.2) is 75.4 Å². The van der Waals surface area contributed by atoms with Crippen molar-refractivity contribution in [3.05, 3.63) is 72.3 Å². The Kier molecular flexibility index (Phi) is 17.4. The van der Waals surface area contributed by atoms with Crippen LogP contribution in [0.4, 0.5) is 0 Å². The number of esters is 2. The van der Waals surface area contributed by atoms with Gasteiger partial charge in [0.05, 0.1) is 24.4 Å². The van der Waals surface area contributed by atoms with Gasteiger partial charge in [-0.3, -0.25) is 0 Å². The van der Waals surface area contributed by atoms with Crippen molar-refractivity contribution in [3.63, 3.8) is 0 Å². The molecule has 2 N–H and O–H groups in total. The molecule has 0 aromatic heterocycles. The van der Waals surface area contributed by atoms with E-state index in [1.54, 1.807) is 0 Å². The molecule has 0 spiro atoms. The normalized spacial score (nSPS) is 10.7. The molecule has 236 valence electrons. The van der Waals surface area contributed by atoms with Gasteiger partial charge in [0.25, 0.3) is 0 Å². The molecule has 2 aromatic rings. The number of carbonyl (C=O) groups excluding carboxylic acids is 2. The van der Waals surface area contributed by atoms with Gasteiger partial charge in [-0.05, 0) is 53.8 Å². The van der Waals surface area contributed by atoms with Crippen molar-refractivity contribution in [3.8, 4) is 22.6 Å². The van der Waals surface area contributed by atoms with Gasteiger partial charge in [-0.25, -0.2) is 9.59 Å². The van der Waals surface area contributed by atoms with Gasteiger partial charge in [0.15, 0.2) is 0 Å². The SMILES string of the molecule is C=C(COCO)C(=O)OCCOc1cccc(-c2cc(OCCOC(=O)C(=C)COCO)ccc2CCCCCCC)c1. The second-order valence-electron chi connectivity index (χ2n) is 9.64. The molecule has 0 aliphatic heterocycles. The molecule has 0 amide bonds. The van der Waals surface area contributed by atoms with Gasteiger partial charge in [-0.1, -0.05) is 64.0 Å². The first-order valence-electron chi connectivity index (χ1n) is 14.5. The lowest BCUT2D eigenvalue weighted by molar-refractivity contribution is -0.141. The Morgan fingerprint density at radius 1 is 0.721 bits per heavy atom. The maximum Gasteiger partial charge on any atom is 0.335 e. The molecular formula is C33H44O10. The van der Waals surface area contributed by atoms with E-state index < -0.39 is 25.5 Å². The van der Waals surface area contributed by atoms with E-state index in [1.807, 2.05) is 36.4 Å². The average Bonchev–Trinajstić information content (AvgIpc) is 3.02. The zero-order valence-electron chi connectivity index (χ0n) is 25.0. The fourth-order valence-corrected chi connectivity index (χ4v) is 4.05. The maximum absolute atomic E-state index is 11.9. The summed E-state index contributed by atoms with van der Waals surface area (Å²) >= 11 is 0. The molecule has 0 aliphatic rings. The second-order valence-corrected chi connectivity index (χ2v) is 9.64. The first-order valence-corrected chi connectivity index (χ1v) is 14.5. The van der Waals surface area contributed by atoms with Gasteiger partial charge in [0.1, 0.15) is 51.5 Å². The Morgan fingerprint density at radius 3 is 1.88 bits per heavy atom. The lowest BCUT2D eigenvalue weighted by atomic mass is 9.95. The maximum atomic E-state index is 11.9. The molecule has 0 aliphatic carbocycles. The predicted molar refractivity (Wildman–Crippen MR) is 162 cm³/mol. The van der Waals surface area contributed by atoms with Crippen LogP contribution < -0.4 is 9.47 Å². The molecule has 0 fully saturated rings. The topological polar surface area (TPSA) is 130 Å². The van der Waals surface area contributed by atoms with E-state index in [4.69, 9.17) is 38.6 Å². The standard InChI is InChI=1S/C33H44O10/c1-4-5-6-7-8-10-27-13-14-30(41-16-18-43-33(37)26(3)22-39-24-35)20-31(27)28-11-9-12-29(19-28)40-15-17-42-32(36)25(2)21-38-23-34/h9,11-14,19-20,34-35H,2-8,10,15-18,21-24H2,1H3. The fourth-order valence-electron chi connectivity index (χ4n) is 4.05. The summed E-state index contributed by atoms with van der Waals surface area (Å²) in [5.74, 6) is 0.0328. The third-order valence-electron chi connectivity index (χ3n) is 6.26. The molecule has 0 radical (unpaired) electrons. The zero-order chi connectivity index (χ0) is 31.3. The van der Waals surface area contributed by atoms with E-state index in [0.717, 1.165) is 30.4 Å². The number of benzene rings is 2. The van der Waals surface area contributed by atoms with Crippen molar-refractivity contribution in [1.29, 1.82) is 0 Å². The molecule has 2 aromatic carbocycles. The smallest absolute Gasteiger partial charge is 0.335 e. The number of aryl methyl sites for hydroxylation is 1. The van der Waals surface area contributed by atoms with Crippen molar-refractivity contribution in [2.45, 2.75) is 45.4 Å². The third kappa shape index (κ3) is 13.9. The predicted octanol–water partition coefficient (Wildman–Crippen LogP) is 4.76. The highest BCUT2D eigenvalue weighted by molar-refractivity contribution is 5.88. The van der Waals surface area contributed by atoms with Crippen LogP contribution in [0.15, 0.2) is 66.8 Å². The monoisotopic (exact) mass is 600 g/mol. The minimum absolute atomic E-state index is 0.0277.